The zero-order chi connectivity index (χ0) is 16.7. The first kappa shape index (κ1) is 16.5. The number of ether oxygens (including phenoxy) is 2. The molecule has 22 heavy (non-hydrogen) atoms. The predicted octanol–water partition coefficient (Wildman–Crippen LogP) is 1.35. The van der Waals surface area contributed by atoms with Gasteiger partial charge in [0.2, 0.25) is 0 Å². The van der Waals surface area contributed by atoms with Crippen LogP contribution in [-0.4, -0.2) is 40.2 Å². The summed E-state index contributed by atoms with van der Waals surface area (Å²) in [4.78, 5) is -0.960. The second-order valence-corrected chi connectivity index (χ2v) is 7.14. The normalized spacial score (nSPS) is 12.4. The fraction of sp³-hybridized carbons (Fsp3) is 0.167. The number of methoxy groups -OCH3 is 2. The van der Waals surface area contributed by atoms with Gasteiger partial charge in [0.05, 0.1) is 29.4 Å². The molecule has 0 atom stereocenters. The van der Waals surface area contributed by atoms with Crippen LogP contribution < -0.4 is 9.47 Å². The molecule has 0 aliphatic heterocycles. The average molecular weight is 348 g/mol. The van der Waals surface area contributed by atoms with Gasteiger partial charge in [-0.25, -0.2) is 0 Å². The van der Waals surface area contributed by atoms with E-state index in [4.69, 9.17) is 18.6 Å². The molecule has 0 amide bonds. The molecule has 0 heterocycles. The SMILES string of the molecule is COc1cc(S(=O)(=O)O)cc2cc(S(=O)(=O)O)cc(OC)c12. The zero-order valence-corrected chi connectivity index (χ0v) is 13.1. The van der Waals surface area contributed by atoms with Crippen molar-refractivity contribution in [2.75, 3.05) is 14.2 Å². The van der Waals surface area contributed by atoms with E-state index in [1.54, 1.807) is 0 Å². The molecule has 2 N–H and O–H groups in total. The van der Waals surface area contributed by atoms with Crippen molar-refractivity contribution in [3.8, 4) is 11.5 Å². The molecule has 2 rings (SSSR count). The monoisotopic (exact) mass is 348 g/mol. The van der Waals surface area contributed by atoms with Gasteiger partial charge in [-0.3, -0.25) is 9.11 Å². The van der Waals surface area contributed by atoms with Gasteiger partial charge in [-0.05, 0) is 17.5 Å². The first-order chi connectivity index (χ1) is 10.1. The molecular formula is C12H12O8S2. The van der Waals surface area contributed by atoms with Crippen molar-refractivity contribution in [3.05, 3.63) is 24.3 Å². The third kappa shape index (κ3) is 2.99. The van der Waals surface area contributed by atoms with Crippen LogP contribution in [0.4, 0.5) is 0 Å². The Bertz CT molecular complexity index is 870. The van der Waals surface area contributed by atoms with E-state index in [1.165, 1.54) is 14.2 Å². The Morgan fingerprint density at radius 1 is 0.773 bits per heavy atom. The number of hydrogen-bond acceptors (Lipinski definition) is 6. The van der Waals surface area contributed by atoms with Gasteiger partial charge >= 0.3 is 0 Å². The Hall–Kier alpha value is -1.88. The molecule has 0 saturated heterocycles. The summed E-state index contributed by atoms with van der Waals surface area (Å²) in [5, 5.41) is 0.392. The Morgan fingerprint density at radius 2 is 1.14 bits per heavy atom. The Morgan fingerprint density at radius 3 is 1.41 bits per heavy atom. The summed E-state index contributed by atoms with van der Waals surface area (Å²) in [5.41, 5.74) is 0. The summed E-state index contributed by atoms with van der Waals surface area (Å²) in [6.45, 7) is 0. The molecule has 2 aromatic carbocycles. The van der Waals surface area contributed by atoms with Crippen molar-refractivity contribution in [1.29, 1.82) is 0 Å². The number of hydrogen-bond donors (Lipinski definition) is 2. The van der Waals surface area contributed by atoms with Gasteiger partial charge in [-0.1, -0.05) is 0 Å². The summed E-state index contributed by atoms with van der Waals surface area (Å²) in [7, 11) is -6.50. The van der Waals surface area contributed by atoms with Gasteiger partial charge in [-0.2, -0.15) is 16.8 Å². The summed E-state index contributed by atoms with van der Waals surface area (Å²) < 4.78 is 73.5. The highest BCUT2D eigenvalue weighted by molar-refractivity contribution is 7.86. The molecule has 0 aliphatic rings. The molecule has 0 fully saturated rings. The molecule has 8 nitrogen and oxygen atoms in total. The van der Waals surface area contributed by atoms with Gasteiger partial charge in [0, 0.05) is 12.1 Å². The van der Waals surface area contributed by atoms with Crippen LogP contribution in [0.3, 0.4) is 0 Å². The highest BCUT2D eigenvalue weighted by atomic mass is 32.2. The lowest BCUT2D eigenvalue weighted by atomic mass is 10.1. The first-order valence-electron chi connectivity index (χ1n) is 5.72. The van der Waals surface area contributed by atoms with Crippen LogP contribution in [0.1, 0.15) is 0 Å². The molecule has 0 spiro atoms. The van der Waals surface area contributed by atoms with E-state index >= 15 is 0 Å². The van der Waals surface area contributed by atoms with Crippen molar-refractivity contribution in [1.82, 2.24) is 0 Å². The number of rotatable bonds is 4. The summed E-state index contributed by atoms with van der Waals surface area (Å²) in [6, 6.07) is 4.25. The zero-order valence-electron chi connectivity index (χ0n) is 11.5. The van der Waals surface area contributed by atoms with Gasteiger partial charge < -0.3 is 9.47 Å². The maximum atomic E-state index is 11.3. The highest BCUT2D eigenvalue weighted by Crippen LogP contribution is 2.38. The van der Waals surface area contributed by atoms with Crippen molar-refractivity contribution < 1.29 is 35.4 Å². The fourth-order valence-electron chi connectivity index (χ4n) is 2.00. The van der Waals surface area contributed by atoms with Crippen molar-refractivity contribution >= 4 is 31.0 Å². The minimum atomic E-state index is -4.53. The molecule has 0 aliphatic carbocycles. The molecule has 10 heteroatoms. The van der Waals surface area contributed by atoms with Crippen LogP contribution >= 0.6 is 0 Å². The topological polar surface area (TPSA) is 127 Å². The third-order valence-electron chi connectivity index (χ3n) is 2.96. The first-order valence-corrected chi connectivity index (χ1v) is 8.60. The molecule has 0 aromatic heterocycles. The molecule has 0 saturated carbocycles. The van der Waals surface area contributed by atoms with Gasteiger partial charge in [0.15, 0.2) is 0 Å². The Balaban J connectivity index is 3.00. The van der Waals surface area contributed by atoms with Crippen LogP contribution in [0.5, 0.6) is 11.5 Å². The van der Waals surface area contributed by atoms with E-state index in [-0.39, 0.29) is 16.9 Å². The summed E-state index contributed by atoms with van der Waals surface area (Å²) in [6.07, 6.45) is 0. The molecule has 0 radical (unpaired) electrons. The lowest BCUT2D eigenvalue weighted by molar-refractivity contribution is 0.402. The lowest BCUT2D eigenvalue weighted by Gasteiger charge is -2.13. The quantitative estimate of drug-likeness (QED) is 0.793. The van der Waals surface area contributed by atoms with Gasteiger partial charge in [0.25, 0.3) is 20.2 Å². The van der Waals surface area contributed by atoms with E-state index in [0.717, 1.165) is 24.3 Å². The fourth-order valence-corrected chi connectivity index (χ4v) is 3.07. The van der Waals surface area contributed by atoms with Gasteiger partial charge in [0.1, 0.15) is 11.5 Å². The minimum absolute atomic E-state index is 0.0591. The molecule has 0 bridgehead atoms. The van der Waals surface area contributed by atoms with Crippen molar-refractivity contribution in [2.24, 2.45) is 0 Å². The number of fused-ring (bicyclic) bond motifs is 1. The smallest absolute Gasteiger partial charge is 0.294 e. The molecule has 2 aromatic rings. The molecular weight excluding hydrogens is 336 g/mol. The van der Waals surface area contributed by atoms with E-state index in [2.05, 4.69) is 0 Å². The highest BCUT2D eigenvalue weighted by Gasteiger charge is 2.20. The summed E-state index contributed by atoms with van der Waals surface area (Å²) in [5.74, 6) is 0.118. The van der Waals surface area contributed by atoms with Crippen LogP contribution in [0.2, 0.25) is 0 Å². The number of benzene rings is 2. The maximum Gasteiger partial charge on any atom is 0.294 e. The third-order valence-corrected chi connectivity index (χ3v) is 4.62. The molecule has 0 unspecified atom stereocenters. The molecule has 120 valence electrons. The Labute approximate surface area is 126 Å². The summed E-state index contributed by atoms with van der Waals surface area (Å²) >= 11 is 0. The van der Waals surface area contributed by atoms with Crippen molar-refractivity contribution in [3.63, 3.8) is 0 Å². The van der Waals surface area contributed by atoms with Crippen molar-refractivity contribution in [2.45, 2.75) is 9.79 Å². The van der Waals surface area contributed by atoms with Crippen LogP contribution in [0.15, 0.2) is 34.1 Å². The van der Waals surface area contributed by atoms with E-state index in [1.807, 2.05) is 0 Å². The predicted molar refractivity (Wildman–Crippen MR) is 76.7 cm³/mol. The maximum absolute atomic E-state index is 11.3. The van der Waals surface area contributed by atoms with E-state index in [0.29, 0.717) is 5.39 Å². The lowest BCUT2D eigenvalue weighted by Crippen LogP contribution is -2.02. The standard InChI is InChI=1S/C12H12O8S2/c1-19-10-5-8(21(13,14)15)3-7-4-9(22(16,17)18)6-11(20-2)12(7)10/h3-6H,1-2H3,(H,13,14,15)(H,16,17,18). The average Bonchev–Trinajstić information content (AvgIpc) is 2.42. The largest absolute Gasteiger partial charge is 0.496 e. The van der Waals surface area contributed by atoms with E-state index < -0.39 is 30.0 Å². The Kier molecular flexibility index (Phi) is 4.04. The van der Waals surface area contributed by atoms with Crippen LogP contribution in [0, 0.1) is 0 Å². The second kappa shape index (κ2) is 5.39. The van der Waals surface area contributed by atoms with Crippen LogP contribution in [0.25, 0.3) is 10.8 Å². The van der Waals surface area contributed by atoms with Gasteiger partial charge in [-0.15, -0.1) is 0 Å². The minimum Gasteiger partial charge on any atom is -0.496 e. The second-order valence-electron chi connectivity index (χ2n) is 4.30. The van der Waals surface area contributed by atoms with Crippen LogP contribution in [-0.2, 0) is 20.2 Å². The van der Waals surface area contributed by atoms with E-state index in [9.17, 15) is 16.8 Å².